The number of hydrogen-bond donors (Lipinski definition) is 0. The van der Waals surface area contributed by atoms with Crippen LogP contribution in [0.5, 0.6) is 0 Å². The monoisotopic (exact) mass is 219 g/mol. The van der Waals surface area contributed by atoms with Crippen LogP contribution in [0.15, 0.2) is 12.3 Å². The van der Waals surface area contributed by atoms with Gasteiger partial charge in [-0.2, -0.15) is 5.10 Å². The maximum atomic E-state index is 11.7. The molecular formula is C11H13N3O2. The van der Waals surface area contributed by atoms with Gasteiger partial charge in [0.1, 0.15) is 5.56 Å². The van der Waals surface area contributed by atoms with Crippen LogP contribution in [-0.2, 0) is 4.74 Å². The molecule has 2 aromatic rings. The molecule has 0 aliphatic carbocycles. The molecule has 5 heteroatoms. The molecule has 0 fully saturated rings. The Morgan fingerprint density at radius 1 is 1.44 bits per heavy atom. The number of hydrogen-bond acceptors (Lipinski definition) is 4. The van der Waals surface area contributed by atoms with E-state index in [4.69, 9.17) is 4.74 Å². The predicted octanol–water partition coefficient (Wildman–Crippen LogP) is 1.52. The molecular weight excluding hydrogens is 206 g/mol. The number of carbonyl (C=O) groups excluding carboxylic acids is 1. The number of esters is 1. The van der Waals surface area contributed by atoms with Crippen molar-refractivity contribution >= 4 is 11.6 Å². The Hall–Kier alpha value is -1.91. The molecule has 5 nitrogen and oxygen atoms in total. The molecule has 0 atom stereocenters. The molecule has 0 saturated carbocycles. The van der Waals surface area contributed by atoms with Crippen molar-refractivity contribution in [1.29, 1.82) is 0 Å². The molecule has 0 aliphatic rings. The molecule has 0 spiro atoms. The molecule has 0 radical (unpaired) electrons. The second-order valence-corrected chi connectivity index (χ2v) is 3.57. The van der Waals surface area contributed by atoms with E-state index >= 15 is 0 Å². The lowest BCUT2D eigenvalue weighted by Crippen LogP contribution is -2.09. The third-order valence-corrected chi connectivity index (χ3v) is 2.16. The number of fused-ring (bicyclic) bond motifs is 1. The first-order chi connectivity index (χ1) is 7.61. The molecule has 84 valence electrons. The summed E-state index contributed by atoms with van der Waals surface area (Å²) < 4.78 is 6.59. The van der Waals surface area contributed by atoms with E-state index in [0.717, 1.165) is 11.4 Å². The van der Waals surface area contributed by atoms with Gasteiger partial charge in [0.05, 0.1) is 24.2 Å². The van der Waals surface area contributed by atoms with Gasteiger partial charge < -0.3 is 4.74 Å². The van der Waals surface area contributed by atoms with Gasteiger partial charge in [0.25, 0.3) is 0 Å². The summed E-state index contributed by atoms with van der Waals surface area (Å²) >= 11 is 0. The van der Waals surface area contributed by atoms with Crippen molar-refractivity contribution in [2.45, 2.75) is 20.8 Å². The lowest BCUT2D eigenvalue weighted by Gasteiger charge is -2.04. The van der Waals surface area contributed by atoms with E-state index in [0.29, 0.717) is 17.8 Å². The standard InChI is InChI=1S/C11H13N3O2/c1-4-16-11(15)9-5-7(2)13-14-6-8(3)12-10(9)14/h5-6H,4H2,1-3H3. The fraction of sp³-hybridized carbons (Fsp3) is 0.364. The van der Waals surface area contributed by atoms with Crippen molar-refractivity contribution in [2.24, 2.45) is 0 Å². The van der Waals surface area contributed by atoms with E-state index in [1.165, 1.54) is 0 Å². The Balaban J connectivity index is 2.62. The molecule has 0 N–H and O–H groups in total. The minimum atomic E-state index is -0.358. The van der Waals surface area contributed by atoms with Gasteiger partial charge in [-0.25, -0.2) is 14.3 Å². The third-order valence-electron chi connectivity index (χ3n) is 2.16. The Kier molecular flexibility index (Phi) is 2.60. The molecule has 0 saturated heterocycles. The first-order valence-corrected chi connectivity index (χ1v) is 5.12. The van der Waals surface area contributed by atoms with Crippen molar-refractivity contribution in [3.8, 4) is 0 Å². The summed E-state index contributed by atoms with van der Waals surface area (Å²) in [5.74, 6) is -0.358. The van der Waals surface area contributed by atoms with Gasteiger partial charge in [0.15, 0.2) is 5.65 Å². The summed E-state index contributed by atoms with van der Waals surface area (Å²) in [4.78, 5) is 16.0. The van der Waals surface area contributed by atoms with Crippen molar-refractivity contribution in [3.05, 3.63) is 29.2 Å². The number of aryl methyl sites for hydroxylation is 2. The fourth-order valence-electron chi connectivity index (χ4n) is 1.58. The number of imidazole rings is 1. The Morgan fingerprint density at radius 3 is 2.88 bits per heavy atom. The summed E-state index contributed by atoms with van der Waals surface area (Å²) in [6.45, 7) is 5.82. The number of rotatable bonds is 2. The first kappa shape index (κ1) is 10.6. The lowest BCUT2D eigenvalue weighted by atomic mass is 10.2. The van der Waals surface area contributed by atoms with E-state index in [2.05, 4.69) is 10.1 Å². The van der Waals surface area contributed by atoms with Crippen LogP contribution < -0.4 is 0 Å². The molecule has 2 rings (SSSR count). The highest BCUT2D eigenvalue weighted by Crippen LogP contribution is 2.12. The molecule has 0 bridgehead atoms. The van der Waals surface area contributed by atoms with E-state index in [1.54, 1.807) is 23.7 Å². The van der Waals surface area contributed by atoms with E-state index in [9.17, 15) is 4.79 Å². The Bertz CT molecular complexity index is 545. The predicted molar refractivity (Wildman–Crippen MR) is 58.4 cm³/mol. The third kappa shape index (κ3) is 1.76. The van der Waals surface area contributed by atoms with Gasteiger partial charge in [-0.05, 0) is 26.8 Å². The molecule has 2 aromatic heterocycles. The fourth-order valence-corrected chi connectivity index (χ4v) is 1.58. The summed E-state index contributed by atoms with van der Waals surface area (Å²) in [5.41, 5.74) is 2.58. The number of carbonyl (C=O) groups is 1. The van der Waals surface area contributed by atoms with Crippen molar-refractivity contribution in [3.63, 3.8) is 0 Å². The maximum Gasteiger partial charge on any atom is 0.342 e. The van der Waals surface area contributed by atoms with Crippen LogP contribution in [0.4, 0.5) is 0 Å². The maximum absolute atomic E-state index is 11.7. The van der Waals surface area contributed by atoms with Gasteiger partial charge in [-0.15, -0.1) is 0 Å². The summed E-state index contributed by atoms with van der Waals surface area (Å²) in [7, 11) is 0. The zero-order chi connectivity index (χ0) is 11.7. The van der Waals surface area contributed by atoms with Gasteiger partial charge in [-0.3, -0.25) is 0 Å². The van der Waals surface area contributed by atoms with Crippen molar-refractivity contribution in [1.82, 2.24) is 14.6 Å². The highest BCUT2D eigenvalue weighted by Gasteiger charge is 2.15. The Labute approximate surface area is 93.1 Å². The van der Waals surface area contributed by atoms with E-state index < -0.39 is 0 Å². The summed E-state index contributed by atoms with van der Waals surface area (Å²) in [6.07, 6.45) is 1.78. The zero-order valence-electron chi connectivity index (χ0n) is 9.52. The van der Waals surface area contributed by atoms with Crippen LogP contribution in [0.25, 0.3) is 5.65 Å². The van der Waals surface area contributed by atoms with Crippen LogP contribution in [0, 0.1) is 13.8 Å². The highest BCUT2D eigenvalue weighted by molar-refractivity contribution is 5.95. The quantitative estimate of drug-likeness (QED) is 0.718. The molecule has 0 aromatic carbocycles. The molecule has 0 unspecified atom stereocenters. The van der Waals surface area contributed by atoms with Gasteiger partial charge in [-0.1, -0.05) is 0 Å². The minimum Gasteiger partial charge on any atom is -0.462 e. The molecule has 2 heterocycles. The SMILES string of the molecule is CCOC(=O)c1cc(C)nn2cc(C)nc12. The van der Waals surface area contributed by atoms with Crippen LogP contribution in [0.3, 0.4) is 0 Å². The topological polar surface area (TPSA) is 56.5 Å². The second-order valence-electron chi connectivity index (χ2n) is 3.57. The lowest BCUT2D eigenvalue weighted by molar-refractivity contribution is 0.0527. The van der Waals surface area contributed by atoms with Gasteiger partial charge in [0, 0.05) is 0 Å². The normalized spacial score (nSPS) is 10.7. The van der Waals surface area contributed by atoms with Crippen LogP contribution >= 0.6 is 0 Å². The minimum absolute atomic E-state index is 0.353. The van der Waals surface area contributed by atoms with Crippen LogP contribution in [0.1, 0.15) is 28.7 Å². The zero-order valence-corrected chi connectivity index (χ0v) is 9.52. The Morgan fingerprint density at radius 2 is 2.19 bits per heavy atom. The largest absolute Gasteiger partial charge is 0.462 e. The van der Waals surface area contributed by atoms with Crippen molar-refractivity contribution < 1.29 is 9.53 Å². The summed E-state index contributed by atoms with van der Waals surface area (Å²) in [6, 6.07) is 1.69. The van der Waals surface area contributed by atoms with E-state index in [-0.39, 0.29) is 5.97 Å². The number of aromatic nitrogens is 3. The highest BCUT2D eigenvalue weighted by atomic mass is 16.5. The average Bonchev–Trinajstić information content (AvgIpc) is 2.57. The molecule has 0 amide bonds. The number of nitrogens with zero attached hydrogens (tertiary/aromatic N) is 3. The first-order valence-electron chi connectivity index (χ1n) is 5.12. The van der Waals surface area contributed by atoms with Gasteiger partial charge in [0.2, 0.25) is 0 Å². The molecule has 16 heavy (non-hydrogen) atoms. The average molecular weight is 219 g/mol. The van der Waals surface area contributed by atoms with Crippen LogP contribution in [0.2, 0.25) is 0 Å². The van der Waals surface area contributed by atoms with Gasteiger partial charge >= 0.3 is 5.97 Å². The molecule has 0 aliphatic heterocycles. The summed E-state index contributed by atoms with van der Waals surface area (Å²) in [5, 5.41) is 4.25. The van der Waals surface area contributed by atoms with Crippen molar-refractivity contribution in [2.75, 3.05) is 6.61 Å². The smallest absolute Gasteiger partial charge is 0.342 e. The second kappa shape index (κ2) is 3.92. The number of ether oxygens (including phenoxy) is 1. The van der Waals surface area contributed by atoms with E-state index in [1.807, 2.05) is 13.8 Å². The van der Waals surface area contributed by atoms with Crippen LogP contribution in [-0.4, -0.2) is 27.2 Å².